The van der Waals surface area contributed by atoms with Gasteiger partial charge in [-0.3, -0.25) is 0 Å². The summed E-state index contributed by atoms with van der Waals surface area (Å²) in [5, 5.41) is 0. The van der Waals surface area contributed by atoms with Gasteiger partial charge in [-0.25, -0.2) is 13.2 Å². The molecule has 16 heavy (non-hydrogen) atoms. The lowest BCUT2D eigenvalue weighted by molar-refractivity contribution is 0.169. The maximum absolute atomic E-state index is 14.2. The van der Waals surface area contributed by atoms with Crippen molar-refractivity contribution in [3.8, 4) is 0 Å². The zero-order valence-corrected chi connectivity index (χ0v) is 8.85. The predicted octanol–water partition coefficient (Wildman–Crippen LogP) is 2.73. The quantitative estimate of drug-likeness (QED) is 0.829. The standard InChI is InChI=1S/C12H14F3N/c13-9-1-2-11(14)8(5-9)6-12(15)4-3-10(16)7-12/h1-2,5,10H,3-4,6-7,16H2. The molecule has 88 valence electrons. The SMILES string of the molecule is NC1CCC(F)(Cc2cc(F)ccc2F)C1. The van der Waals surface area contributed by atoms with Crippen LogP contribution in [0.15, 0.2) is 18.2 Å². The highest BCUT2D eigenvalue weighted by Crippen LogP contribution is 2.36. The van der Waals surface area contributed by atoms with Crippen molar-refractivity contribution in [2.24, 2.45) is 5.73 Å². The number of alkyl halides is 1. The van der Waals surface area contributed by atoms with Crippen molar-refractivity contribution >= 4 is 0 Å². The lowest BCUT2D eigenvalue weighted by atomic mass is 9.94. The van der Waals surface area contributed by atoms with Crippen LogP contribution >= 0.6 is 0 Å². The first kappa shape index (κ1) is 11.5. The van der Waals surface area contributed by atoms with Crippen molar-refractivity contribution in [3.05, 3.63) is 35.4 Å². The van der Waals surface area contributed by atoms with Crippen LogP contribution in [0.5, 0.6) is 0 Å². The molecule has 4 heteroatoms. The average Bonchev–Trinajstić information content (AvgIpc) is 2.52. The Morgan fingerprint density at radius 3 is 2.75 bits per heavy atom. The Kier molecular flexibility index (Phi) is 2.93. The topological polar surface area (TPSA) is 26.0 Å². The summed E-state index contributed by atoms with van der Waals surface area (Å²) in [6, 6.07) is 2.95. The van der Waals surface area contributed by atoms with Gasteiger partial charge in [0, 0.05) is 12.5 Å². The highest BCUT2D eigenvalue weighted by atomic mass is 19.1. The van der Waals surface area contributed by atoms with E-state index in [4.69, 9.17) is 5.73 Å². The average molecular weight is 229 g/mol. The third-order valence-electron chi connectivity index (χ3n) is 3.11. The number of nitrogens with two attached hydrogens (primary N) is 1. The zero-order valence-electron chi connectivity index (χ0n) is 8.85. The molecule has 1 aliphatic carbocycles. The molecule has 2 rings (SSSR count). The molecule has 0 radical (unpaired) electrons. The van der Waals surface area contributed by atoms with Crippen molar-refractivity contribution in [1.82, 2.24) is 0 Å². The molecule has 0 spiro atoms. The first-order chi connectivity index (χ1) is 7.48. The van der Waals surface area contributed by atoms with Crippen LogP contribution < -0.4 is 5.73 Å². The molecular formula is C12H14F3N. The molecule has 2 N–H and O–H groups in total. The maximum atomic E-state index is 14.2. The van der Waals surface area contributed by atoms with Gasteiger partial charge in [-0.1, -0.05) is 0 Å². The third kappa shape index (κ3) is 2.38. The van der Waals surface area contributed by atoms with Gasteiger partial charge < -0.3 is 5.73 Å². The van der Waals surface area contributed by atoms with Crippen LogP contribution in [0.1, 0.15) is 24.8 Å². The molecule has 0 saturated heterocycles. The summed E-state index contributed by atoms with van der Waals surface area (Å²) in [4.78, 5) is 0. The number of rotatable bonds is 2. The summed E-state index contributed by atoms with van der Waals surface area (Å²) >= 11 is 0. The summed E-state index contributed by atoms with van der Waals surface area (Å²) in [6.07, 6.45) is 1.06. The van der Waals surface area contributed by atoms with Crippen molar-refractivity contribution < 1.29 is 13.2 Å². The van der Waals surface area contributed by atoms with Gasteiger partial charge >= 0.3 is 0 Å². The summed E-state index contributed by atoms with van der Waals surface area (Å²) in [5.41, 5.74) is 4.24. The van der Waals surface area contributed by atoms with Crippen LogP contribution in [0.2, 0.25) is 0 Å². The van der Waals surface area contributed by atoms with Crippen molar-refractivity contribution in [2.45, 2.75) is 37.4 Å². The molecule has 0 heterocycles. The van der Waals surface area contributed by atoms with Gasteiger partial charge in [-0.15, -0.1) is 0 Å². The van der Waals surface area contributed by atoms with E-state index in [-0.39, 0.29) is 24.4 Å². The number of hydrogen-bond donors (Lipinski definition) is 1. The monoisotopic (exact) mass is 229 g/mol. The summed E-state index contributed by atoms with van der Waals surface area (Å²) < 4.78 is 40.4. The number of halogens is 3. The minimum atomic E-state index is -1.48. The van der Waals surface area contributed by atoms with Crippen molar-refractivity contribution in [3.63, 3.8) is 0 Å². The largest absolute Gasteiger partial charge is 0.328 e. The molecule has 1 aromatic carbocycles. The molecule has 1 aromatic rings. The van der Waals surface area contributed by atoms with E-state index in [0.29, 0.717) is 12.8 Å². The molecule has 0 aliphatic heterocycles. The van der Waals surface area contributed by atoms with Crippen LogP contribution in [0.3, 0.4) is 0 Å². The summed E-state index contributed by atoms with van der Waals surface area (Å²) in [5.74, 6) is -1.10. The smallest absolute Gasteiger partial charge is 0.126 e. The lowest BCUT2D eigenvalue weighted by Crippen LogP contribution is -2.26. The Labute approximate surface area is 92.5 Å². The van der Waals surface area contributed by atoms with Gasteiger partial charge in [-0.05, 0) is 43.0 Å². The van der Waals surface area contributed by atoms with Gasteiger partial charge in [0.05, 0.1) is 0 Å². The van der Waals surface area contributed by atoms with E-state index in [1.165, 1.54) is 0 Å². The predicted molar refractivity (Wildman–Crippen MR) is 55.7 cm³/mol. The van der Waals surface area contributed by atoms with Crippen LogP contribution in [0.25, 0.3) is 0 Å². The molecule has 1 nitrogen and oxygen atoms in total. The number of benzene rings is 1. The molecular weight excluding hydrogens is 215 g/mol. The molecule has 2 unspecified atom stereocenters. The van der Waals surface area contributed by atoms with E-state index in [9.17, 15) is 13.2 Å². The molecule has 0 bridgehead atoms. The fourth-order valence-electron chi connectivity index (χ4n) is 2.30. The van der Waals surface area contributed by atoms with Crippen LogP contribution in [-0.2, 0) is 6.42 Å². The Hall–Kier alpha value is -1.03. The van der Waals surface area contributed by atoms with Crippen LogP contribution in [0, 0.1) is 11.6 Å². The van der Waals surface area contributed by atoms with Gasteiger partial charge in [0.15, 0.2) is 0 Å². The first-order valence-electron chi connectivity index (χ1n) is 5.37. The fraction of sp³-hybridized carbons (Fsp3) is 0.500. The molecule has 2 atom stereocenters. The van der Waals surface area contributed by atoms with E-state index < -0.39 is 17.3 Å². The van der Waals surface area contributed by atoms with E-state index in [1.807, 2.05) is 0 Å². The highest BCUT2D eigenvalue weighted by molar-refractivity contribution is 5.21. The normalized spacial score (nSPS) is 29.6. The molecule has 1 saturated carbocycles. The lowest BCUT2D eigenvalue weighted by Gasteiger charge is -2.19. The Morgan fingerprint density at radius 2 is 2.12 bits per heavy atom. The molecule has 0 aromatic heterocycles. The van der Waals surface area contributed by atoms with Crippen molar-refractivity contribution in [1.29, 1.82) is 0 Å². The Bertz CT molecular complexity index is 394. The molecule has 1 aliphatic rings. The highest BCUT2D eigenvalue weighted by Gasteiger charge is 2.38. The third-order valence-corrected chi connectivity index (χ3v) is 3.11. The van der Waals surface area contributed by atoms with E-state index in [2.05, 4.69) is 0 Å². The van der Waals surface area contributed by atoms with Crippen LogP contribution in [-0.4, -0.2) is 11.7 Å². The second-order valence-corrected chi connectivity index (χ2v) is 4.57. The van der Waals surface area contributed by atoms with Gasteiger partial charge in [-0.2, -0.15) is 0 Å². The fourth-order valence-corrected chi connectivity index (χ4v) is 2.30. The minimum absolute atomic E-state index is 0.0930. The van der Waals surface area contributed by atoms with E-state index >= 15 is 0 Å². The zero-order chi connectivity index (χ0) is 11.8. The first-order valence-corrected chi connectivity index (χ1v) is 5.37. The van der Waals surface area contributed by atoms with Crippen LogP contribution in [0.4, 0.5) is 13.2 Å². The molecule has 1 fully saturated rings. The van der Waals surface area contributed by atoms with Gasteiger partial charge in [0.2, 0.25) is 0 Å². The van der Waals surface area contributed by atoms with Gasteiger partial charge in [0.25, 0.3) is 0 Å². The summed E-state index contributed by atoms with van der Waals surface area (Å²) in [6.45, 7) is 0. The second-order valence-electron chi connectivity index (χ2n) is 4.57. The maximum Gasteiger partial charge on any atom is 0.126 e. The summed E-state index contributed by atoms with van der Waals surface area (Å²) in [7, 11) is 0. The Balaban J connectivity index is 2.17. The van der Waals surface area contributed by atoms with E-state index in [1.54, 1.807) is 0 Å². The minimum Gasteiger partial charge on any atom is -0.328 e. The van der Waals surface area contributed by atoms with Crippen molar-refractivity contribution in [2.75, 3.05) is 0 Å². The Morgan fingerprint density at radius 1 is 1.38 bits per heavy atom. The van der Waals surface area contributed by atoms with Gasteiger partial charge in [0.1, 0.15) is 17.3 Å². The second kappa shape index (κ2) is 4.09. The van der Waals surface area contributed by atoms with E-state index in [0.717, 1.165) is 18.2 Å². The molecule has 0 amide bonds. The number of hydrogen-bond acceptors (Lipinski definition) is 1.